The van der Waals surface area contributed by atoms with Gasteiger partial charge in [0.1, 0.15) is 6.20 Å². The molecule has 1 unspecified atom stereocenters. The summed E-state index contributed by atoms with van der Waals surface area (Å²) in [7, 11) is 0. The summed E-state index contributed by atoms with van der Waals surface area (Å²) in [6, 6.07) is 0. The molecule has 0 bridgehead atoms. The lowest BCUT2D eigenvalue weighted by Gasteiger charge is -2.39. The molecule has 0 N–H and O–H groups in total. The second-order valence-electron chi connectivity index (χ2n) is 5.15. The van der Waals surface area contributed by atoms with Crippen LogP contribution in [0.25, 0.3) is 4.96 Å². The average molecular weight is 296 g/mol. The third-order valence-electron chi connectivity index (χ3n) is 3.78. The van der Waals surface area contributed by atoms with Gasteiger partial charge in [-0.2, -0.15) is 9.38 Å². The Morgan fingerprint density at radius 1 is 1.65 bits per heavy atom. The summed E-state index contributed by atoms with van der Waals surface area (Å²) in [5.41, 5.74) is -0.275. The van der Waals surface area contributed by atoms with Gasteiger partial charge >= 0.3 is 5.82 Å². The fraction of sp³-hybridized carbons (Fsp3) is 0.583. The maximum atomic E-state index is 11.4. The molecule has 1 aliphatic rings. The van der Waals surface area contributed by atoms with E-state index in [1.165, 1.54) is 11.3 Å². The highest BCUT2D eigenvalue weighted by Crippen LogP contribution is 2.34. The molecule has 0 aliphatic carbocycles. The van der Waals surface area contributed by atoms with E-state index in [1.54, 1.807) is 16.0 Å². The molecule has 108 valence electrons. The highest BCUT2D eigenvalue weighted by Gasteiger charge is 2.35. The number of nitrogens with zero attached hydrogens (tertiary/aromatic N) is 4. The molecule has 0 radical (unpaired) electrons. The Bertz CT molecular complexity index is 652. The van der Waals surface area contributed by atoms with Crippen LogP contribution in [0.3, 0.4) is 0 Å². The SMILES string of the molecule is CCC1(C)CN(c2nc3sccn3c2[N+](=O)[O-])CCO1. The van der Waals surface area contributed by atoms with Gasteiger partial charge < -0.3 is 19.8 Å². The molecule has 1 saturated heterocycles. The molecule has 20 heavy (non-hydrogen) atoms. The largest absolute Gasteiger partial charge is 0.373 e. The monoisotopic (exact) mass is 296 g/mol. The van der Waals surface area contributed by atoms with Gasteiger partial charge in [-0.25, -0.2) is 0 Å². The van der Waals surface area contributed by atoms with E-state index in [-0.39, 0.29) is 16.3 Å². The molecular weight excluding hydrogens is 280 g/mol. The van der Waals surface area contributed by atoms with Crippen LogP contribution >= 0.6 is 11.3 Å². The van der Waals surface area contributed by atoms with Gasteiger partial charge in [0.15, 0.2) is 0 Å². The lowest BCUT2D eigenvalue weighted by atomic mass is 10.0. The predicted octanol–water partition coefficient (Wildman–Crippen LogP) is 2.31. The summed E-state index contributed by atoms with van der Waals surface area (Å²) in [5.74, 6) is 0.492. The van der Waals surface area contributed by atoms with Crippen LogP contribution in [0.2, 0.25) is 0 Å². The lowest BCUT2D eigenvalue weighted by Crippen LogP contribution is -2.50. The zero-order valence-electron chi connectivity index (χ0n) is 11.4. The number of hydrogen-bond donors (Lipinski definition) is 0. The highest BCUT2D eigenvalue weighted by atomic mass is 32.1. The number of imidazole rings is 1. The van der Waals surface area contributed by atoms with Gasteiger partial charge in [-0.05, 0) is 18.3 Å². The van der Waals surface area contributed by atoms with Crippen LogP contribution in [-0.4, -0.2) is 39.6 Å². The average Bonchev–Trinajstić information content (AvgIpc) is 2.98. The van der Waals surface area contributed by atoms with Gasteiger partial charge in [-0.15, -0.1) is 0 Å². The van der Waals surface area contributed by atoms with Crippen molar-refractivity contribution in [2.75, 3.05) is 24.6 Å². The van der Waals surface area contributed by atoms with Crippen molar-refractivity contribution >= 4 is 27.9 Å². The van der Waals surface area contributed by atoms with Crippen molar-refractivity contribution in [2.24, 2.45) is 0 Å². The van der Waals surface area contributed by atoms with Gasteiger partial charge in [0.2, 0.25) is 5.82 Å². The van der Waals surface area contributed by atoms with Crippen molar-refractivity contribution in [3.63, 3.8) is 0 Å². The van der Waals surface area contributed by atoms with E-state index < -0.39 is 0 Å². The van der Waals surface area contributed by atoms with Crippen molar-refractivity contribution in [1.82, 2.24) is 9.38 Å². The van der Waals surface area contributed by atoms with Crippen molar-refractivity contribution < 1.29 is 9.66 Å². The van der Waals surface area contributed by atoms with Crippen LogP contribution in [0.1, 0.15) is 20.3 Å². The van der Waals surface area contributed by atoms with E-state index in [1.807, 2.05) is 11.8 Å². The van der Waals surface area contributed by atoms with Crippen LogP contribution in [-0.2, 0) is 4.74 Å². The van der Waals surface area contributed by atoms with Crippen LogP contribution < -0.4 is 4.90 Å². The normalized spacial score (nSPS) is 23.4. The van der Waals surface area contributed by atoms with E-state index in [0.717, 1.165) is 6.42 Å². The van der Waals surface area contributed by atoms with Gasteiger partial charge in [0.05, 0.1) is 12.2 Å². The molecule has 7 nitrogen and oxygen atoms in total. The molecule has 1 fully saturated rings. The number of rotatable bonds is 3. The Kier molecular flexibility index (Phi) is 3.14. The molecule has 3 heterocycles. The molecule has 2 aromatic heterocycles. The molecule has 0 saturated carbocycles. The predicted molar refractivity (Wildman–Crippen MR) is 76.6 cm³/mol. The Morgan fingerprint density at radius 2 is 2.45 bits per heavy atom. The van der Waals surface area contributed by atoms with E-state index in [0.29, 0.717) is 30.5 Å². The standard InChI is InChI=1S/C12H16N4O3S/c1-3-12(2)8-14(4-6-19-12)9-10(16(17)18)15-5-7-20-11(15)13-9/h5,7H,3-4,6,8H2,1-2H3. The quantitative estimate of drug-likeness (QED) is 0.642. The van der Waals surface area contributed by atoms with E-state index in [9.17, 15) is 10.1 Å². The number of hydrogen-bond acceptors (Lipinski definition) is 6. The Hall–Kier alpha value is -1.67. The number of ether oxygens (including phenoxy) is 1. The molecule has 2 aromatic rings. The molecule has 0 aromatic carbocycles. The summed E-state index contributed by atoms with van der Waals surface area (Å²) in [5, 5.41) is 13.2. The van der Waals surface area contributed by atoms with Gasteiger partial charge in [-0.3, -0.25) is 0 Å². The first kappa shape index (κ1) is 13.3. The Labute approximate surface area is 119 Å². The Balaban J connectivity index is 2.03. The summed E-state index contributed by atoms with van der Waals surface area (Å²) in [4.78, 5) is 18.0. The van der Waals surface area contributed by atoms with Gasteiger partial charge in [0.25, 0.3) is 4.96 Å². The summed E-state index contributed by atoms with van der Waals surface area (Å²) in [6.45, 7) is 5.90. The minimum Gasteiger partial charge on any atom is -0.372 e. The van der Waals surface area contributed by atoms with E-state index in [2.05, 4.69) is 11.9 Å². The number of thiazole rings is 1. The first-order chi connectivity index (χ1) is 9.54. The highest BCUT2D eigenvalue weighted by molar-refractivity contribution is 7.15. The van der Waals surface area contributed by atoms with Crippen LogP contribution in [0, 0.1) is 10.1 Å². The molecule has 8 heteroatoms. The maximum Gasteiger partial charge on any atom is 0.373 e. The number of fused-ring (bicyclic) bond motifs is 1. The topological polar surface area (TPSA) is 72.9 Å². The fourth-order valence-corrected chi connectivity index (χ4v) is 3.17. The number of nitro groups is 1. The first-order valence-corrected chi connectivity index (χ1v) is 7.41. The van der Waals surface area contributed by atoms with Crippen molar-refractivity contribution in [3.05, 3.63) is 21.7 Å². The number of anilines is 1. The summed E-state index contributed by atoms with van der Waals surface area (Å²) in [6.07, 6.45) is 2.55. The van der Waals surface area contributed by atoms with Crippen LogP contribution in [0.5, 0.6) is 0 Å². The summed E-state index contributed by atoms with van der Waals surface area (Å²) < 4.78 is 7.32. The third-order valence-corrected chi connectivity index (χ3v) is 4.53. The van der Waals surface area contributed by atoms with Gasteiger partial charge in [0, 0.05) is 18.5 Å². The maximum absolute atomic E-state index is 11.4. The van der Waals surface area contributed by atoms with Crippen molar-refractivity contribution in [2.45, 2.75) is 25.9 Å². The fourth-order valence-electron chi connectivity index (χ4n) is 2.47. The first-order valence-electron chi connectivity index (χ1n) is 6.53. The molecule has 0 amide bonds. The van der Waals surface area contributed by atoms with Gasteiger partial charge in [-0.1, -0.05) is 18.3 Å². The minimum atomic E-state index is -0.360. The second-order valence-corrected chi connectivity index (χ2v) is 6.02. The lowest BCUT2D eigenvalue weighted by molar-refractivity contribution is -0.389. The second kappa shape index (κ2) is 4.71. The zero-order valence-corrected chi connectivity index (χ0v) is 12.2. The van der Waals surface area contributed by atoms with Crippen LogP contribution in [0.4, 0.5) is 11.6 Å². The zero-order chi connectivity index (χ0) is 14.3. The van der Waals surface area contributed by atoms with Crippen molar-refractivity contribution in [1.29, 1.82) is 0 Å². The van der Waals surface area contributed by atoms with E-state index in [4.69, 9.17) is 4.74 Å². The summed E-state index contributed by atoms with van der Waals surface area (Å²) >= 11 is 1.40. The smallest absolute Gasteiger partial charge is 0.372 e. The molecule has 1 aliphatic heterocycles. The molecular formula is C12H16N4O3S. The molecule has 1 atom stereocenters. The van der Waals surface area contributed by atoms with Crippen LogP contribution in [0.15, 0.2) is 11.6 Å². The molecule has 3 rings (SSSR count). The minimum absolute atomic E-state index is 0.0432. The number of morpholine rings is 1. The van der Waals surface area contributed by atoms with Crippen molar-refractivity contribution in [3.8, 4) is 0 Å². The van der Waals surface area contributed by atoms with E-state index >= 15 is 0 Å². The third kappa shape index (κ3) is 2.04. The molecule has 0 spiro atoms. The Morgan fingerprint density at radius 3 is 3.15 bits per heavy atom. The number of aromatic nitrogens is 2.